The fourth-order valence-electron chi connectivity index (χ4n) is 3.23. The molecular weight excluding hydrogens is 342 g/mol. The SMILES string of the molecule is CC(=O)NCCCCCC(=O)Nc1ccc(C(=O)N2CCCCCC2)cc1. The fourth-order valence-corrected chi connectivity index (χ4v) is 3.23. The van der Waals surface area contributed by atoms with Gasteiger partial charge in [-0.15, -0.1) is 0 Å². The first kappa shape index (κ1) is 20.9. The number of carbonyl (C=O) groups is 3. The smallest absolute Gasteiger partial charge is 0.253 e. The third-order valence-corrected chi connectivity index (χ3v) is 4.76. The van der Waals surface area contributed by atoms with Crippen molar-refractivity contribution in [2.45, 2.75) is 58.3 Å². The second-order valence-electron chi connectivity index (χ2n) is 7.13. The van der Waals surface area contributed by atoms with Crippen molar-refractivity contribution in [1.29, 1.82) is 0 Å². The summed E-state index contributed by atoms with van der Waals surface area (Å²) in [6.07, 6.45) is 7.56. The standard InChI is InChI=1S/C21H31N3O3/c1-17(25)22-14-6-4-5-9-20(26)23-19-12-10-18(11-13-19)21(27)24-15-7-2-3-8-16-24/h10-13H,2-9,14-16H2,1H3,(H,22,25)(H,23,26). The van der Waals surface area contributed by atoms with Crippen LogP contribution < -0.4 is 10.6 Å². The highest BCUT2D eigenvalue weighted by atomic mass is 16.2. The third-order valence-electron chi connectivity index (χ3n) is 4.76. The number of hydrogen-bond acceptors (Lipinski definition) is 3. The Hall–Kier alpha value is -2.37. The predicted molar refractivity (Wildman–Crippen MR) is 107 cm³/mol. The zero-order valence-electron chi connectivity index (χ0n) is 16.3. The van der Waals surface area contributed by atoms with Gasteiger partial charge in [0.05, 0.1) is 0 Å². The molecule has 0 unspecified atom stereocenters. The van der Waals surface area contributed by atoms with E-state index >= 15 is 0 Å². The van der Waals surface area contributed by atoms with Crippen molar-refractivity contribution >= 4 is 23.4 Å². The molecule has 0 aromatic heterocycles. The van der Waals surface area contributed by atoms with Crippen molar-refractivity contribution in [2.24, 2.45) is 0 Å². The van der Waals surface area contributed by atoms with E-state index in [9.17, 15) is 14.4 Å². The van der Waals surface area contributed by atoms with Crippen LogP contribution in [0.2, 0.25) is 0 Å². The van der Waals surface area contributed by atoms with Crippen LogP contribution in [0.15, 0.2) is 24.3 Å². The van der Waals surface area contributed by atoms with Crippen LogP contribution in [0.4, 0.5) is 5.69 Å². The van der Waals surface area contributed by atoms with Crippen LogP contribution >= 0.6 is 0 Å². The highest BCUT2D eigenvalue weighted by molar-refractivity contribution is 5.95. The molecule has 1 heterocycles. The first-order valence-electron chi connectivity index (χ1n) is 10.00. The number of nitrogens with zero attached hydrogens (tertiary/aromatic N) is 1. The van der Waals surface area contributed by atoms with E-state index in [0.717, 1.165) is 45.2 Å². The van der Waals surface area contributed by atoms with Crippen molar-refractivity contribution in [3.05, 3.63) is 29.8 Å². The van der Waals surface area contributed by atoms with Crippen molar-refractivity contribution < 1.29 is 14.4 Å². The van der Waals surface area contributed by atoms with Gasteiger partial charge in [0.1, 0.15) is 0 Å². The van der Waals surface area contributed by atoms with Gasteiger partial charge in [-0.1, -0.05) is 19.3 Å². The number of unbranched alkanes of at least 4 members (excludes halogenated alkanes) is 2. The quantitative estimate of drug-likeness (QED) is 0.686. The summed E-state index contributed by atoms with van der Waals surface area (Å²) in [6.45, 7) is 3.82. The van der Waals surface area contributed by atoms with Crippen LogP contribution in [0, 0.1) is 0 Å². The van der Waals surface area contributed by atoms with Crippen LogP contribution in [0.5, 0.6) is 0 Å². The van der Waals surface area contributed by atoms with Gasteiger partial charge in [0.25, 0.3) is 5.91 Å². The molecular formula is C21H31N3O3. The number of nitrogens with one attached hydrogen (secondary N) is 2. The molecule has 1 aromatic rings. The van der Waals surface area contributed by atoms with Gasteiger partial charge in [-0.05, 0) is 49.9 Å². The summed E-state index contributed by atoms with van der Waals surface area (Å²) in [5.74, 6) is 0.0283. The molecule has 6 nitrogen and oxygen atoms in total. The van der Waals surface area contributed by atoms with Crippen LogP contribution in [0.3, 0.4) is 0 Å². The molecule has 1 aliphatic rings. The molecule has 6 heteroatoms. The maximum atomic E-state index is 12.6. The third kappa shape index (κ3) is 7.81. The Bertz CT molecular complexity index is 620. The Balaban J connectivity index is 1.72. The number of anilines is 1. The highest BCUT2D eigenvalue weighted by Gasteiger charge is 2.17. The summed E-state index contributed by atoms with van der Waals surface area (Å²) < 4.78 is 0. The van der Waals surface area contributed by atoms with E-state index in [2.05, 4.69) is 10.6 Å². The summed E-state index contributed by atoms with van der Waals surface area (Å²) in [6, 6.07) is 7.16. The van der Waals surface area contributed by atoms with Crippen molar-refractivity contribution in [3.63, 3.8) is 0 Å². The first-order chi connectivity index (χ1) is 13.1. The number of carbonyl (C=O) groups excluding carboxylic acids is 3. The molecule has 1 aliphatic heterocycles. The van der Waals surface area contributed by atoms with E-state index in [0.29, 0.717) is 24.2 Å². The summed E-state index contributed by atoms with van der Waals surface area (Å²) in [4.78, 5) is 37.3. The minimum Gasteiger partial charge on any atom is -0.356 e. The topological polar surface area (TPSA) is 78.5 Å². The Morgan fingerprint density at radius 1 is 0.926 bits per heavy atom. The van der Waals surface area contributed by atoms with E-state index < -0.39 is 0 Å². The average molecular weight is 373 g/mol. The Kier molecular flexibility index (Phi) is 8.81. The number of benzene rings is 1. The number of hydrogen-bond donors (Lipinski definition) is 2. The van der Waals surface area contributed by atoms with Crippen LogP contribution in [-0.4, -0.2) is 42.3 Å². The molecule has 0 radical (unpaired) electrons. The molecule has 0 bridgehead atoms. The van der Waals surface area contributed by atoms with Gasteiger partial charge in [0.15, 0.2) is 0 Å². The number of amides is 3. The lowest BCUT2D eigenvalue weighted by atomic mass is 10.1. The highest BCUT2D eigenvalue weighted by Crippen LogP contribution is 2.16. The van der Waals surface area contributed by atoms with Crippen LogP contribution in [0.1, 0.15) is 68.6 Å². The minimum absolute atomic E-state index is 0.0227. The molecule has 27 heavy (non-hydrogen) atoms. The molecule has 148 valence electrons. The lowest BCUT2D eigenvalue weighted by Crippen LogP contribution is -2.31. The van der Waals surface area contributed by atoms with Crippen molar-refractivity contribution in [3.8, 4) is 0 Å². The normalized spacial score (nSPS) is 14.3. The molecule has 2 N–H and O–H groups in total. The van der Waals surface area contributed by atoms with Crippen molar-refractivity contribution in [1.82, 2.24) is 10.2 Å². The molecule has 0 saturated carbocycles. The Morgan fingerprint density at radius 2 is 1.59 bits per heavy atom. The van der Waals surface area contributed by atoms with Gasteiger partial charge in [-0.3, -0.25) is 14.4 Å². The van der Waals surface area contributed by atoms with Gasteiger partial charge in [0.2, 0.25) is 11.8 Å². The van der Waals surface area contributed by atoms with Crippen molar-refractivity contribution in [2.75, 3.05) is 25.0 Å². The second kappa shape index (κ2) is 11.4. The summed E-state index contributed by atoms with van der Waals surface area (Å²) in [7, 11) is 0. The second-order valence-corrected chi connectivity index (χ2v) is 7.13. The van der Waals surface area contributed by atoms with E-state index in [1.807, 2.05) is 4.90 Å². The average Bonchev–Trinajstić information content (AvgIpc) is 2.94. The van der Waals surface area contributed by atoms with E-state index in [4.69, 9.17) is 0 Å². The van der Waals surface area contributed by atoms with Gasteiger partial charge < -0.3 is 15.5 Å². The predicted octanol–water partition coefficient (Wildman–Crippen LogP) is 3.34. The largest absolute Gasteiger partial charge is 0.356 e. The van der Waals surface area contributed by atoms with Gasteiger partial charge in [-0.25, -0.2) is 0 Å². The van der Waals surface area contributed by atoms with Gasteiger partial charge in [0, 0.05) is 44.2 Å². The lowest BCUT2D eigenvalue weighted by molar-refractivity contribution is -0.119. The summed E-state index contributed by atoms with van der Waals surface area (Å²) >= 11 is 0. The Labute approximate surface area is 161 Å². The summed E-state index contributed by atoms with van der Waals surface area (Å²) in [5.41, 5.74) is 1.39. The number of likely N-dealkylation sites (tertiary alicyclic amines) is 1. The molecule has 0 atom stereocenters. The zero-order chi connectivity index (χ0) is 19.5. The monoisotopic (exact) mass is 373 g/mol. The van der Waals surface area contributed by atoms with E-state index in [1.54, 1.807) is 24.3 Å². The molecule has 2 rings (SSSR count). The fraction of sp³-hybridized carbons (Fsp3) is 0.571. The van der Waals surface area contributed by atoms with E-state index in [-0.39, 0.29) is 17.7 Å². The molecule has 1 aromatic carbocycles. The van der Waals surface area contributed by atoms with Crippen LogP contribution in [-0.2, 0) is 9.59 Å². The zero-order valence-corrected chi connectivity index (χ0v) is 16.3. The molecule has 0 spiro atoms. The minimum atomic E-state index is -0.0267. The van der Waals surface area contributed by atoms with Gasteiger partial charge >= 0.3 is 0 Å². The molecule has 0 aliphatic carbocycles. The molecule has 1 fully saturated rings. The van der Waals surface area contributed by atoms with Crippen LogP contribution in [0.25, 0.3) is 0 Å². The lowest BCUT2D eigenvalue weighted by Gasteiger charge is -2.20. The number of rotatable bonds is 8. The summed E-state index contributed by atoms with van der Waals surface area (Å²) in [5, 5.41) is 5.62. The van der Waals surface area contributed by atoms with E-state index in [1.165, 1.54) is 19.8 Å². The first-order valence-corrected chi connectivity index (χ1v) is 10.00. The maximum absolute atomic E-state index is 12.6. The molecule has 1 saturated heterocycles. The van der Waals surface area contributed by atoms with Gasteiger partial charge in [-0.2, -0.15) is 0 Å². The molecule has 3 amide bonds. The maximum Gasteiger partial charge on any atom is 0.253 e. The Morgan fingerprint density at radius 3 is 2.22 bits per heavy atom.